The molecule has 0 aliphatic carbocycles. The third-order valence-electron chi connectivity index (χ3n) is 11.6. The standard InChI is InChI=1S/C52H41N5O/c1-52(2,3)36-26-27-53-51(30-36)57-48-25-21-35(34-20-24-47-43(28-34)41-16-7-9-18-46(41)56(47)37-12-5-4-6-13-37)29-44(48)42-23-22-40(32-50(42)57)58-39-15-11-14-38(31-39)55-33-54-45-17-8-10-19-49(45)55/h4-32,54H,33H2,1-3H3. The highest BCUT2D eigenvalue weighted by Gasteiger charge is 2.22. The zero-order chi connectivity index (χ0) is 39.0. The lowest BCUT2D eigenvalue weighted by molar-refractivity contribution is 0.483. The van der Waals surface area contributed by atoms with Gasteiger partial charge in [-0.2, -0.15) is 0 Å². The van der Waals surface area contributed by atoms with Gasteiger partial charge in [0.25, 0.3) is 0 Å². The number of para-hydroxylation sites is 4. The van der Waals surface area contributed by atoms with Crippen LogP contribution in [-0.2, 0) is 5.41 Å². The van der Waals surface area contributed by atoms with Crippen LogP contribution in [0.5, 0.6) is 11.5 Å². The fourth-order valence-corrected chi connectivity index (χ4v) is 8.69. The smallest absolute Gasteiger partial charge is 0.137 e. The quantitative estimate of drug-likeness (QED) is 0.184. The molecule has 0 saturated carbocycles. The lowest BCUT2D eigenvalue weighted by Gasteiger charge is -2.20. The number of pyridine rings is 1. The van der Waals surface area contributed by atoms with Gasteiger partial charge in [0, 0.05) is 51.2 Å². The Bertz CT molecular complexity index is 3210. The number of hydrogen-bond donors (Lipinski definition) is 1. The minimum Gasteiger partial charge on any atom is -0.457 e. The minimum absolute atomic E-state index is 0.0312. The van der Waals surface area contributed by atoms with E-state index >= 15 is 0 Å². The Morgan fingerprint density at radius 1 is 0.517 bits per heavy atom. The summed E-state index contributed by atoms with van der Waals surface area (Å²) in [6.07, 6.45) is 1.93. The van der Waals surface area contributed by atoms with Crippen LogP contribution in [0.1, 0.15) is 26.3 Å². The molecule has 1 aliphatic rings. The fraction of sp³-hybridized carbons (Fsp3) is 0.0962. The molecule has 7 aromatic carbocycles. The van der Waals surface area contributed by atoms with Gasteiger partial charge in [-0.1, -0.05) is 87.5 Å². The van der Waals surface area contributed by atoms with Crippen LogP contribution >= 0.6 is 0 Å². The Morgan fingerprint density at radius 2 is 1.19 bits per heavy atom. The number of aromatic nitrogens is 3. The predicted molar refractivity (Wildman–Crippen MR) is 241 cm³/mol. The van der Waals surface area contributed by atoms with E-state index in [1.54, 1.807) is 0 Å². The van der Waals surface area contributed by atoms with Gasteiger partial charge in [-0.05, 0) is 113 Å². The first-order valence-electron chi connectivity index (χ1n) is 19.9. The van der Waals surface area contributed by atoms with Crippen LogP contribution in [0.4, 0.5) is 17.1 Å². The Morgan fingerprint density at radius 3 is 2.00 bits per heavy atom. The lowest BCUT2D eigenvalue weighted by Crippen LogP contribution is -2.16. The third-order valence-corrected chi connectivity index (χ3v) is 11.6. The molecular weight excluding hydrogens is 711 g/mol. The topological polar surface area (TPSA) is 47.2 Å². The second-order valence-corrected chi connectivity index (χ2v) is 16.2. The molecule has 58 heavy (non-hydrogen) atoms. The van der Waals surface area contributed by atoms with Crippen molar-refractivity contribution in [3.05, 3.63) is 182 Å². The largest absolute Gasteiger partial charge is 0.457 e. The van der Waals surface area contributed by atoms with E-state index in [4.69, 9.17) is 9.72 Å². The summed E-state index contributed by atoms with van der Waals surface area (Å²) in [5, 5.41) is 8.28. The van der Waals surface area contributed by atoms with Crippen LogP contribution < -0.4 is 15.0 Å². The van der Waals surface area contributed by atoms with Gasteiger partial charge in [0.2, 0.25) is 0 Å². The van der Waals surface area contributed by atoms with Gasteiger partial charge in [0.1, 0.15) is 17.3 Å². The van der Waals surface area contributed by atoms with Crippen LogP contribution in [0.15, 0.2) is 176 Å². The third kappa shape index (κ3) is 5.59. The average Bonchev–Trinajstić information content (AvgIpc) is 3.93. The van der Waals surface area contributed by atoms with Crippen molar-refractivity contribution < 1.29 is 4.74 Å². The summed E-state index contributed by atoms with van der Waals surface area (Å²) in [6.45, 7) is 7.45. The molecule has 0 radical (unpaired) electrons. The average molecular weight is 752 g/mol. The van der Waals surface area contributed by atoms with E-state index < -0.39 is 0 Å². The zero-order valence-corrected chi connectivity index (χ0v) is 32.6. The number of fused-ring (bicyclic) bond motifs is 7. The van der Waals surface area contributed by atoms with Crippen LogP contribution in [0.3, 0.4) is 0 Å². The molecule has 1 aliphatic heterocycles. The van der Waals surface area contributed by atoms with Gasteiger partial charge < -0.3 is 19.5 Å². The Balaban J connectivity index is 1.04. The normalized spacial score (nSPS) is 12.8. The van der Waals surface area contributed by atoms with Crippen molar-refractivity contribution in [2.75, 3.05) is 16.9 Å². The summed E-state index contributed by atoms with van der Waals surface area (Å²) >= 11 is 0. The molecule has 11 rings (SSSR count). The number of nitrogens with one attached hydrogen (secondary N) is 1. The Kier molecular flexibility index (Phi) is 7.70. The van der Waals surface area contributed by atoms with E-state index in [0.717, 1.165) is 67.4 Å². The zero-order valence-electron chi connectivity index (χ0n) is 32.6. The van der Waals surface area contributed by atoms with E-state index in [0.29, 0.717) is 6.67 Å². The van der Waals surface area contributed by atoms with E-state index in [1.807, 2.05) is 12.3 Å². The molecule has 1 N–H and O–H groups in total. The summed E-state index contributed by atoms with van der Waals surface area (Å²) in [5.41, 5.74) is 12.6. The molecule has 4 heterocycles. The summed E-state index contributed by atoms with van der Waals surface area (Å²) in [5.74, 6) is 2.43. The summed E-state index contributed by atoms with van der Waals surface area (Å²) in [6, 6.07) is 60.5. The van der Waals surface area contributed by atoms with Crippen LogP contribution in [0, 0.1) is 0 Å². The molecule has 0 saturated heterocycles. The summed E-state index contributed by atoms with van der Waals surface area (Å²) in [7, 11) is 0. The molecule has 280 valence electrons. The maximum absolute atomic E-state index is 6.66. The van der Waals surface area contributed by atoms with Gasteiger partial charge in [-0.25, -0.2) is 4.98 Å². The van der Waals surface area contributed by atoms with Crippen LogP contribution in [-0.4, -0.2) is 20.8 Å². The van der Waals surface area contributed by atoms with E-state index in [9.17, 15) is 0 Å². The monoisotopic (exact) mass is 751 g/mol. The van der Waals surface area contributed by atoms with Crippen molar-refractivity contribution in [2.24, 2.45) is 0 Å². The van der Waals surface area contributed by atoms with Gasteiger partial charge in [-0.3, -0.25) is 4.57 Å². The highest BCUT2D eigenvalue weighted by molar-refractivity contribution is 6.12. The molecule has 0 fully saturated rings. The van der Waals surface area contributed by atoms with Crippen molar-refractivity contribution >= 4 is 60.7 Å². The second-order valence-electron chi connectivity index (χ2n) is 16.2. The molecule has 0 bridgehead atoms. The Hall–Kier alpha value is -7.31. The van der Waals surface area contributed by atoms with Crippen LogP contribution in [0.25, 0.3) is 66.2 Å². The van der Waals surface area contributed by atoms with Gasteiger partial charge >= 0.3 is 0 Å². The maximum Gasteiger partial charge on any atom is 0.137 e. The lowest BCUT2D eigenvalue weighted by atomic mass is 9.88. The molecule has 0 unspecified atom stereocenters. The first kappa shape index (κ1) is 34.0. The number of nitrogens with zero attached hydrogens (tertiary/aromatic N) is 4. The van der Waals surface area contributed by atoms with E-state index in [2.05, 4.69) is 204 Å². The molecule has 0 spiro atoms. The van der Waals surface area contributed by atoms with Gasteiger partial charge in [0.05, 0.1) is 40.1 Å². The van der Waals surface area contributed by atoms with Crippen molar-refractivity contribution in [3.63, 3.8) is 0 Å². The first-order valence-corrected chi connectivity index (χ1v) is 19.9. The molecule has 0 atom stereocenters. The SMILES string of the molecule is CC(C)(C)c1ccnc(-n2c3ccc(-c4ccc5c(c4)c4ccccc4n5-c4ccccc4)cc3c3ccc(Oc4cccc(N5CNc6ccccc65)c4)cc32)c1. The molecule has 6 heteroatoms. The molecular formula is C52H41N5O. The van der Waals surface area contributed by atoms with E-state index in [1.165, 1.54) is 32.9 Å². The molecule has 6 nitrogen and oxygen atoms in total. The Labute approximate surface area is 337 Å². The molecule has 3 aromatic heterocycles. The second kappa shape index (κ2) is 13.1. The van der Waals surface area contributed by atoms with Crippen molar-refractivity contribution in [3.8, 4) is 34.1 Å². The van der Waals surface area contributed by atoms with Crippen molar-refractivity contribution in [1.29, 1.82) is 0 Å². The maximum atomic E-state index is 6.66. The number of ether oxygens (including phenoxy) is 1. The molecule has 0 amide bonds. The first-order chi connectivity index (χ1) is 28.4. The number of rotatable bonds is 6. The fourth-order valence-electron chi connectivity index (χ4n) is 8.69. The van der Waals surface area contributed by atoms with Crippen molar-refractivity contribution in [1.82, 2.24) is 14.1 Å². The number of anilines is 3. The highest BCUT2D eigenvalue weighted by atomic mass is 16.5. The van der Waals surface area contributed by atoms with Gasteiger partial charge in [0.15, 0.2) is 0 Å². The predicted octanol–water partition coefficient (Wildman–Crippen LogP) is 13.6. The number of benzene rings is 7. The van der Waals surface area contributed by atoms with E-state index in [-0.39, 0.29) is 5.41 Å². The van der Waals surface area contributed by atoms with Gasteiger partial charge in [-0.15, -0.1) is 0 Å². The minimum atomic E-state index is -0.0312. The van der Waals surface area contributed by atoms with Crippen molar-refractivity contribution in [2.45, 2.75) is 26.2 Å². The van der Waals surface area contributed by atoms with Crippen LogP contribution in [0.2, 0.25) is 0 Å². The molecule has 10 aromatic rings. The summed E-state index contributed by atoms with van der Waals surface area (Å²) < 4.78 is 11.3. The number of hydrogen-bond acceptors (Lipinski definition) is 4. The summed E-state index contributed by atoms with van der Waals surface area (Å²) in [4.78, 5) is 7.23. The highest BCUT2D eigenvalue weighted by Crippen LogP contribution is 2.41.